The summed E-state index contributed by atoms with van der Waals surface area (Å²) in [5.41, 5.74) is 0.125. The molecule has 2 aromatic rings. The Morgan fingerprint density at radius 1 is 1.18 bits per heavy atom. The molecule has 5 nitrogen and oxygen atoms in total. The number of carbonyl (C=O) groups excluding carboxylic acids is 1. The van der Waals surface area contributed by atoms with Crippen LogP contribution in [-0.4, -0.2) is 25.8 Å². The van der Waals surface area contributed by atoms with E-state index in [4.69, 9.17) is 4.74 Å². The summed E-state index contributed by atoms with van der Waals surface area (Å²) in [4.78, 5) is 16.6. The van der Waals surface area contributed by atoms with Gasteiger partial charge in [0.05, 0.1) is 5.56 Å². The molecule has 0 saturated heterocycles. The normalized spacial score (nSPS) is 11.0. The Hall–Kier alpha value is -2.89. The number of nitrogens with zero attached hydrogens (tertiary/aromatic N) is 1. The lowest BCUT2D eigenvalue weighted by molar-refractivity contribution is -0.114. The van der Waals surface area contributed by atoms with Crippen molar-refractivity contribution in [3.8, 4) is 11.5 Å². The molecule has 0 saturated carbocycles. The fraction of sp³-hybridized carbons (Fsp3) is 0.125. The Bertz CT molecular complexity index is 687. The molecule has 114 valence electrons. The number of para-hydroxylation sites is 1. The molecule has 1 N–H and O–H groups in total. The van der Waals surface area contributed by atoms with Crippen LogP contribution in [0, 0.1) is 5.82 Å². The minimum atomic E-state index is -0.511. The van der Waals surface area contributed by atoms with Crippen molar-refractivity contribution in [1.82, 2.24) is 5.32 Å². The summed E-state index contributed by atoms with van der Waals surface area (Å²) < 4.78 is 19.3. The molecule has 0 aliphatic rings. The van der Waals surface area contributed by atoms with Crippen LogP contribution in [0.2, 0.25) is 0 Å². The van der Waals surface area contributed by atoms with Gasteiger partial charge in [-0.1, -0.05) is 23.4 Å². The van der Waals surface area contributed by atoms with Gasteiger partial charge in [0.2, 0.25) is 0 Å². The lowest BCUT2D eigenvalue weighted by atomic mass is 10.1. The van der Waals surface area contributed by atoms with Gasteiger partial charge in [0.1, 0.15) is 24.4 Å². The Labute approximate surface area is 127 Å². The Balaban J connectivity index is 2.47. The number of amides is 1. The molecular formula is C16H15FN2O3. The maximum atomic E-state index is 13.6. The first-order chi connectivity index (χ1) is 10.7. The lowest BCUT2D eigenvalue weighted by Crippen LogP contribution is -2.29. The first kappa shape index (κ1) is 15.5. The van der Waals surface area contributed by atoms with Gasteiger partial charge in [0.15, 0.2) is 5.71 Å². The van der Waals surface area contributed by atoms with E-state index in [1.54, 1.807) is 24.3 Å². The predicted molar refractivity (Wildman–Crippen MR) is 80.5 cm³/mol. The SMILES string of the molecule is CNC(=O)C(=NOC)c1cc(F)ccc1Oc1ccccc1. The van der Waals surface area contributed by atoms with E-state index in [9.17, 15) is 9.18 Å². The van der Waals surface area contributed by atoms with Crippen molar-refractivity contribution in [3.05, 3.63) is 59.9 Å². The number of carbonyl (C=O) groups is 1. The van der Waals surface area contributed by atoms with E-state index in [-0.39, 0.29) is 11.3 Å². The smallest absolute Gasteiger partial charge is 0.273 e. The van der Waals surface area contributed by atoms with Gasteiger partial charge < -0.3 is 14.9 Å². The van der Waals surface area contributed by atoms with E-state index in [0.717, 1.165) is 0 Å². The first-order valence-electron chi connectivity index (χ1n) is 6.51. The molecule has 0 bridgehead atoms. The van der Waals surface area contributed by atoms with Gasteiger partial charge >= 0.3 is 0 Å². The summed E-state index contributed by atoms with van der Waals surface area (Å²) in [5, 5.41) is 6.10. The van der Waals surface area contributed by atoms with Crippen molar-refractivity contribution in [2.75, 3.05) is 14.2 Å². The maximum absolute atomic E-state index is 13.6. The lowest BCUT2D eigenvalue weighted by Gasteiger charge is -2.12. The predicted octanol–water partition coefficient (Wildman–Crippen LogP) is 2.71. The molecule has 0 aliphatic heterocycles. The summed E-state index contributed by atoms with van der Waals surface area (Å²) >= 11 is 0. The number of hydrogen-bond acceptors (Lipinski definition) is 4. The second-order valence-corrected chi connectivity index (χ2v) is 4.26. The van der Waals surface area contributed by atoms with Gasteiger partial charge in [0, 0.05) is 7.05 Å². The molecule has 6 heteroatoms. The molecule has 0 atom stereocenters. The molecule has 1 amide bonds. The quantitative estimate of drug-likeness (QED) is 0.682. The van der Waals surface area contributed by atoms with Gasteiger partial charge in [-0.3, -0.25) is 4.79 Å². The summed E-state index contributed by atoms with van der Waals surface area (Å²) in [7, 11) is 2.75. The second kappa shape index (κ2) is 7.21. The molecule has 0 aliphatic carbocycles. The van der Waals surface area contributed by atoms with E-state index < -0.39 is 11.7 Å². The number of benzene rings is 2. The van der Waals surface area contributed by atoms with Crippen molar-refractivity contribution in [2.45, 2.75) is 0 Å². The highest BCUT2D eigenvalue weighted by atomic mass is 19.1. The molecule has 0 radical (unpaired) electrons. The van der Waals surface area contributed by atoms with E-state index in [0.29, 0.717) is 11.5 Å². The third-order valence-electron chi connectivity index (χ3n) is 2.79. The zero-order valence-corrected chi connectivity index (χ0v) is 12.2. The monoisotopic (exact) mass is 302 g/mol. The number of oxime groups is 1. The van der Waals surface area contributed by atoms with Crippen LogP contribution in [0.25, 0.3) is 0 Å². The van der Waals surface area contributed by atoms with E-state index in [1.165, 1.54) is 32.4 Å². The summed E-state index contributed by atoms with van der Waals surface area (Å²) in [5.74, 6) is -0.162. The van der Waals surface area contributed by atoms with Gasteiger partial charge in [-0.15, -0.1) is 0 Å². The minimum Gasteiger partial charge on any atom is -0.457 e. The van der Waals surface area contributed by atoms with Crippen LogP contribution in [0.15, 0.2) is 53.7 Å². The number of likely N-dealkylation sites (N-methyl/N-ethyl adjacent to an activating group) is 1. The van der Waals surface area contributed by atoms with Gasteiger partial charge in [-0.2, -0.15) is 0 Å². The van der Waals surface area contributed by atoms with Crippen molar-refractivity contribution >= 4 is 11.6 Å². The molecule has 0 aromatic heterocycles. The molecule has 0 unspecified atom stereocenters. The number of hydrogen-bond donors (Lipinski definition) is 1. The number of ether oxygens (including phenoxy) is 1. The van der Waals surface area contributed by atoms with Gasteiger partial charge in [0.25, 0.3) is 5.91 Å². The third kappa shape index (κ3) is 3.60. The average Bonchev–Trinajstić information content (AvgIpc) is 2.55. The minimum absolute atomic E-state index is 0.0737. The highest BCUT2D eigenvalue weighted by Gasteiger charge is 2.20. The largest absolute Gasteiger partial charge is 0.457 e. The highest BCUT2D eigenvalue weighted by Crippen LogP contribution is 2.26. The standard InChI is InChI=1S/C16H15FN2O3/c1-18-16(20)15(19-21-2)13-10-11(17)8-9-14(13)22-12-6-4-3-5-7-12/h3-10H,1-2H3,(H,18,20). The Kier molecular flexibility index (Phi) is 5.08. The van der Waals surface area contributed by atoms with Crippen LogP contribution in [-0.2, 0) is 9.63 Å². The number of nitrogens with one attached hydrogen (secondary N) is 1. The topological polar surface area (TPSA) is 59.9 Å². The second-order valence-electron chi connectivity index (χ2n) is 4.26. The fourth-order valence-corrected chi connectivity index (χ4v) is 1.81. The van der Waals surface area contributed by atoms with Crippen molar-refractivity contribution in [2.24, 2.45) is 5.16 Å². The molecular weight excluding hydrogens is 287 g/mol. The van der Waals surface area contributed by atoms with Crippen LogP contribution >= 0.6 is 0 Å². The summed E-state index contributed by atoms with van der Waals surface area (Å²) in [6, 6.07) is 12.8. The van der Waals surface area contributed by atoms with Crippen LogP contribution < -0.4 is 10.1 Å². The first-order valence-corrected chi connectivity index (χ1v) is 6.51. The van der Waals surface area contributed by atoms with E-state index in [2.05, 4.69) is 15.3 Å². The van der Waals surface area contributed by atoms with Crippen LogP contribution in [0.1, 0.15) is 5.56 Å². The van der Waals surface area contributed by atoms with Crippen molar-refractivity contribution < 1.29 is 18.8 Å². The van der Waals surface area contributed by atoms with Crippen molar-refractivity contribution in [1.29, 1.82) is 0 Å². The zero-order valence-electron chi connectivity index (χ0n) is 12.2. The van der Waals surface area contributed by atoms with E-state index in [1.807, 2.05) is 6.07 Å². The average molecular weight is 302 g/mol. The van der Waals surface area contributed by atoms with Crippen molar-refractivity contribution in [3.63, 3.8) is 0 Å². The molecule has 0 spiro atoms. The van der Waals surface area contributed by atoms with Gasteiger partial charge in [-0.05, 0) is 30.3 Å². The van der Waals surface area contributed by atoms with E-state index >= 15 is 0 Å². The zero-order chi connectivity index (χ0) is 15.9. The highest BCUT2D eigenvalue weighted by molar-refractivity contribution is 6.45. The molecule has 22 heavy (non-hydrogen) atoms. The third-order valence-corrected chi connectivity index (χ3v) is 2.79. The summed E-state index contributed by atoms with van der Waals surface area (Å²) in [6.45, 7) is 0. The summed E-state index contributed by atoms with van der Waals surface area (Å²) in [6.07, 6.45) is 0. The van der Waals surface area contributed by atoms with Crippen LogP contribution in [0.4, 0.5) is 4.39 Å². The Morgan fingerprint density at radius 2 is 1.91 bits per heavy atom. The van der Waals surface area contributed by atoms with Crippen LogP contribution in [0.5, 0.6) is 11.5 Å². The number of halogens is 1. The molecule has 0 heterocycles. The number of rotatable bonds is 5. The molecule has 0 fully saturated rings. The Morgan fingerprint density at radius 3 is 2.55 bits per heavy atom. The maximum Gasteiger partial charge on any atom is 0.273 e. The van der Waals surface area contributed by atoms with Gasteiger partial charge in [-0.25, -0.2) is 4.39 Å². The molecule has 2 rings (SSSR count). The molecule has 2 aromatic carbocycles. The fourth-order valence-electron chi connectivity index (χ4n) is 1.81. The van der Waals surface area contributed by atoms with Crippen LogP contribution in [0.3, 0.4) is 0 Å².